The highest BCUT2D eigenvalue weighted by atomic mass is 16.5. The Morgan fingerprint density at radius 1 is 1.25 bits per heavy atom. The number of carbonyl (C=O) groups is 1. The summed E-state index contributed by atoms with van der Waals surface area (Å²) in [4.78, 5) is 15.2. The van der Waals surface area contributed by atoms with Crippen molar-refractivity contribution in [1.29, 1.82) is 0 Å². The summed E-state index contributed by atoms with van der Waals surface area (Å²) in [6.45, 7) is 1.49. The molecule has 132 valence electrons. The molecule has 1 N–H and O–H groups in total. The quantitative estimate of drug-likeness (QED) is 0.842. The second kappa shape index (κ2) is 7.66. The summed E-state index contributed by atoms with van der Waals surface area (Å²) < 4.78 is 5.69. The van der Waals surface area contributed by atoms with Gasteiger partial charge in [-0.1, -0.05) is 49.6 Å². The molecule has 3 rings (SSSR count). The summed E-state index contributed by atoms with van der Waals surface area (Å²) in [6.07, 6.45) is 6.65. The number of hydrogen-bond donors (Lipinski definition) is 1. The van der Waals surface area contributed by atoms with E-state index in [0.717, 1.165) is 44.2 Å². The van der Waals surface area contributed by atoms with Gasteiger partial charge in [-0.2, -0.15) is 0 Å². The highest BCUT2D eigenvalue weighted by Crippen LogP contribution is 2.40. The molecule has 1 aliphatic carbocycles. The molecule has 1 saturated carbocycles. The van der Waals surface area contributed by atoms with E-state index in [-0.39, 0.29) is 5.97 Å². The van der Waals surface area contributed by atoms with Crippen molar-refractivity contribution in [3.8, 4) is 0 Å². The minimum absolute atomic E-state index is 0.272. The van der Waals surface area contributed by atoms with Gasteiger partial charge in [0.05, 0.1) is 5.60 Å². The number of nitrogens with zero attached hydrogens (tertiary/aromatic N) is 1. The zero-order chi connectivity index (χ0) is 17.0. The zero-order valence-corrected chi connectivity index (χ0v) is 14.6. The number of likely N-dealkylation sites (N-methyl/N-ethyl adjacent to an activating group) is 1. The maximum absolute atomic E-state index is 12.9. The molecule has 0 amide bonds. The second-order valence-electron chi connectivity index (χ2n) is 7.41. The minimum Gasteiger partial charge on any atom is -0.463 e. The van der Waals surface area contributed by atoms with Gasteiger partial charge >= 0.3 is 5.97 Å². The van der Waals surface area contributed by atoms with Crippen molar-refractivity contribution in [2.45, 2.75) is 62.5 Å². The van der Waals surface area contributed by atoms with Crippen LogP contribution in [0.3, 0.4) is 0 Å². The van der Waals surface area contributed by atoms with Crippen LogP contribution in [0.5, 0.6) is 0 Å². The summed E-state index contributed by atoms with van der Waals surface area (Å²) in [5.41, 5.74) is -0.107. The maximum atomic E-state index is 12.9. The van der Waals surface area contributed by atoms with Crippen LogP contribution in [-0.2, 0) is 9.53 Å². The molecule has 24 heavy (non-hydrogen) atoms. The van der Waals surface area contributed by atoms with Gasteiger partial charge in [0.2, 0.25) is 0 Å². The number of hydrogen-bond acceptors (Lipinski definition) is 4. The van der Waals surface area contributed by atoms with Gasteiger partial charge in [0, 0.05) is 6.04 Å². The average molecular weight is 331 g/mol. The molecule has 4 heteroatoms. The standard InChI is InChI=1S/C20H29NO3/c1-21-14-8-11-17(21)15-24-19(22)18(16-9-4-2-5-10-16)20(23)12-6-3-7-13-20/h2,4-5,9-10,17-18,23H,3,6-8,11-15H2,1H3/t17-,18+/m0/s1. The summed E-state index contributed by atoms with van der Waals surface area (Å²) >= 11 is 0. The Balaban J connectivity index is 1.75. The number of aliphatic hydroxyl groups is 1. The smallest absolute Gasteiger partial charge is 0.316 e. The van der Waals surface area contributed by atoms with Gasteiger partial charge < -0.3 is 14.7 Å². The van der Waals surface area contributed by atoms with Crippen LogP contribution in [0.25, 0.3) is 0 Å². The van der Waals surface area contributed by atoms with Crippen LogP contribution >= 0.6 is 0 Å². The Labute approximate surface area is 144 Å². The van der Waals surface area contributed by atoms with E-state index >= 15 is 0 Å². The number of likely N-dealkylation sites (tertiary alicyclic amines) is 1. The molecule has 0 aromatic heterocycles. The monoisotopic (exact) mass is 331 g/mol. The van der Waals surface area contributed by atoms with E-state index in [2.05, 4.69) is 11.9 Å². The minimum atomic E-state index is -0.974. The number of benzene rings is 1. The summed E-state index contributed by atoms with van der Waals surface area (Å²) in [7, 11) is 2.08. The van der Waals surface area contributed by atoms with Crippen molar-refractivity contribution in [3.63, 3.8) is 0 Å². The van der Waals surface area contributed by atoms with Gasteiger partial charge in [0.25, 0.3) is 0 Å². The molecule has 0 radical (unpaired) electrons. The lowest BCUT2D eigenvalue weighted by Crippen LogP contribution is -2.43. The van der Waals surface area contributed by atoms with Crippen molar-refractivity contribution in [2.24, 2.45) is 0 Å². The van der Waals surface area contributed by atoms with Crippen molar-refractivity contribution >= 4 is 5.97 Å². The number of rotatable bonds is 5. The third-order valence-corrected chi connectivity index (χ3v) is 5.71. The summed E-state index contributed by atoms with van der Waals surface area (Å²) in [5, 5.41) is 11.2. The van der Waals surface area contributed by atoms with E-state index < -0.39 is 11.5 Å². The highest BCUT2D eigenvalue weighted by Gasteiger charge is 2.44. The van der Waals surface area contributed by atoms with Crippen LogP contribution in [0.1, 0.15) is 56.4 Å². The number of carbonyl (C=O) groups excluding carboxylic acids is 1. The van der Waals surface area contributed by atoms with Gasteiger partial charge in [-0.05, 0) is 44.8 Å². The van der Waals surface area contributed by atoms with Gasteiger partial charge in [-0.3, -0.25) is 4.79 Å². The SMILES string of the molecule is CN1CCC[C@H]1COC(=O)[C@@H](c1ccccc1)C1(O)CCCCC1. The Morgan fingerprint density at radius 2 is 1.96 bits per heavy atom. The van der Waals surface area contributed by atoms with Crippen molar-refractivity contribution in [1.82, 2.24) is 4.90 Å². The molecule has 2 aliphatic rings. The first-order chi connectivity index (χ1) is 11.6. The van der Waals surface area contributed by atoms with E-state index in [1.807, 2.05) is 30.3 Å². The van der Waals surface area contributed by atoms with Crippen LogP contribution in [-0.4, -0.2) is 47.8 Å². The summed E-state index contributed by atoms with van der Waals surface area (Å²) in [5.74, 6) is -0.850. The van der Waals surface area contributed by atoms with Gasteiger partial charge in [-0.15, -0.1) is 0 Å². The van der Waals surface area contributed by atoms with Gasteiger partial charge in [0.15, 0.2) is 0 Å². The molecule has 1 aliphatic heterocycles. The fourth-order valence-electron chi connectivity index (χ4n) is 4.22. The molecule has 2 atom stereocenters. The first kappa shape index (κ1) is 17.4. The van der Waals surface area contributed by atoms with E-state index in [1.54, 1.807) is 0 Å². The summed E-state index contributed by atoms with van der Waals surface area (Å²) in [6, 6.07) is 9.95. The lowest BCUT2D eigenvalue weighted by molar-refractivity contribution is -0.156. The Bertz CT molecular complexity index is 539. The molecule has 1 saturated heterocycles. The van der Waals surface area contributed by atoms with Crippen LogP contribution in [0.15, 0.2) is 30.3 Å². The second-order valence-corrected chi connectivity index (χ2v) is 7.41. The highest BCUT2D eigenvalue weighted by molar-refractivity contribution is 5.80. The van der Waals surface area contributed by atoms with Crippen molar-refractivity contribution < 1.29 is 14.6 Å². The molecule has 1 aromatic carbocycles. The number of esters is 1. The van der Waals surface area contributed by atoms with E-state index in [4.69, 9.17) is 4.74 Å². The third kappa shape index (κ3) is 3.81. The van der Waals surface area contributed by atoms with Crippen LogP contribution in [0.4, 0.5) is 0 Å². The van der Waals surface area contributed by atoms with E-state index in [1.165, 1.54) is 0 Å². The molecular formula is C20H29NO3. The predicted molar refractivity (Wildman–Crippen MR) is 93.8 cm³/mol. The number of ether oxygens (including phenoxy) is 1. The largest absolute Gasteiger partial charge is 0.463 e. The molecule has 1 heterocycles. The van der Waals surface area contributed by atoms with Gasteiger partial charge in [0.1, 0.15) is 12.5 Å². The molecule has 4 nitrogen and oxygen atoms in total. The van der Waals surface area contributed by atoms with Gasteiger partial charge in [-0.25, -0.2) is 0 Å². The van der Waals surface area contributed by atoms with Crippen LogP contribution in [0, 0.1) is 0 Å². The first-order valence-electron chi connectivity index (χ1n) is 9.24. The van der Waals surface area contributed by atoms with E-state index in [9.17, 15) is 9.90 Å². The molecule has 0 unspecified atom stereocenters. The topological polar surface area (TPSA) is 49.8 Å². The third-order valence-electron chi connectivity index (χ3n) is 5.71. The lowest BCUT2D eigenvalue weighted by Gasteiger charge is -2.38. The van der Waals surface area contributed by atoms with E-state index in [0.29, 0.717) is 25.5 Å². The maximum Gasteiger partial charge on any atom is 0.316 e. The predicted octanol–water partition coefficient (Wildman–Crippen LogP) is 3.10. The molecule has 0 spiro atoms. The molecule has 1 aromatic rings. The Morgan fingerprint density at radius 3 is 2.58 bits per heavy atom. The lowest BCUT2D eigenvalue weighted by atomic mass is 9.73. The average Bonchev–Trinajstić information content (AvgIpc) is 3.00. The zero-order valence-electron chi connectivity index (χ0n) is 14.6. The molecule has 0 bridgehead atoms. The van der Waals surface area contributed by atoms with Crippen molar-refractivity contribution in [2.75, 3.05) is 20.2 Å². The van der Waals surface area contributed by atoms with Crippen LogP contribution in [0.2, 0.25) is 0 Å². The van der Waals surface area contributed by atoms with Crippen LogP contribution < -0.4 is 0 Å². The molecular weight excluding hydrogens is 302 g/mol. The Kier molecular flexibility index (Phi) is 5.57. The normalized spacial score (nSPS) is 25.3. The fourth-order valence-corrected chi connectivity index (χ4v) is 4.22. The Hall–Kier alpha value is -1.39. The van der Waals surface area contributed by atoms with Crippen molar-refractivity contribution in [3.05, 3.63) is 35.9 Å². The fraction of sp³-hybridized carbons (Fsp3) is 0.650. The first-order valence-corrected chi connectivity index (χ1v) is 9.24. The molecule has 2 fully saturated rings.